The van der Waals surface area contributed by atoms with E-state index >= 15 is 0 Å². The summed E-state index contributed by atoms with van der Waals surface area (Å²) in [6.07, 6.45) is -0.870. The Morgan fingerprint density at radius 2 is 2.07 bits per heavy atom. The average molecular weight is 215 g/mol. The van der Waals surface area contributed by atoms with Gasteiger partial charge in [0.1, 0.15) is 0 Å². The number of hydrogen-bond donors (Lipinski definition) is 1. The van der Waals surface area contributed by atoms with Gasteiger partial charge in [0.25, 0.3) is 0 Å². The number of rotatable bonds is 3. The van der Waals surface area contributed by atoms with Crippen LogP contribution in [0.25, 0.3) is 0 Å². The fraction of sp³-hybridized carbons (Fsp3) is 0.300. The third kappa shape index (κ3) is 3.01. The van der Waals surface area contributed by atoms with Crippen LogP contribution in [0.15, 0.2) is 24.3 Å². The topological polar surface area (TPSA) is 46.5 Å². The van der Waals surface area contributed by atoms with Crippen molar-refractivity contribution in [1.82, 2.24) is 0 Å². The van der Waals surface area contributed by atoms with E-state index < -0.39 is 12.1 Å². The van der Waals surface area contributed by atoms with Gasteiger partial charge < -0.3 is 9.84 Å². The molecule has 0 heterocycles. The SMILES string of the molecule is COC(=O)[C@H](O)Cc1ccc(Cl)cc1. The first-order valence-corrected chi connectivity index (χ1v) is 4.51. The van der Waals surface area contributed by atoms with Crippen LogP contribution in [0.5, 0.6) is 0 Å². The summed E-state index contributed by atoms with van der Waals surface area (Å²) in [4.78, 5) is 10.9. The lowest BCUT2D eigenvalue weighted by molar-refractivity contribution is -0.150. The molecule has 0 bridgehead atoms. The zero-order chi connectivity index (χ0) is 10.6. The first-order valence-electron chi connectivity index (χ1n) is 4.14. The molecule has 4 heteroatoms. The number of aliphatic hydroxyl groups is 1. The highest BCUT2D eigenvalue weighted by Crippen LogP contribution is 2.11. The van der Waals surface area contributed by atoms with Gasteiger partial charge in [-0.3, -0.25) is 0 Å². The Morgan fingerprint density at radius 1 is 1.50 bits per heavy atom. The van der Waals surface area contributed by atoms with Crippen molar-refractivity contribution < 1.29 is 14.6 Å². The van der Waals surface area contributed by atoms with Gasteiger partial charge in [-0.2, -0.15) is 0 Å². The second-order valence-corrected chi connectivity index (χ2v) is 3.31. The molecule has 1 rings (SSSR count). The minimum Gasteiger partial charge on any atom is -0.467 e. The number of ether oxygens (including phenoxy) is 1. The van der Waals surface area contributed by atoms with Crippen LogP contribution in [0.3, 0.4) is 0 Å². The Kier molecular flexibility index (Phi) is 3.92. The van der Waals surface area contributed by atoms with Gasteiger partial charge in [-0.15, -0.1) is 0 Å². The van der Waals surface area contributed by atoms with Crippen molar-refractivity contribution in [2.75, 3.05) is 7.11 Å². The average Bonchev–Trinajstić information content (AvgIpc) is 2.20. The van der Waals surface area contributed by atoms with E-state index in [0.717, 1.165) is 5.56 Å². The number of carbonyl (C=O) groups excluding carboxylic acids is 1. The van der Waals surface area contributed by atoms with E-state index in [-0.39, 0.29) is 6.42 Å². The summed E-state index contributed by atoms with van der Waals surface area (Å²) in [5.74, 6) is -0.625. The lowest BCUT2D eigenvalue weighted by atomic mass is 10.1. The Morgan fingerprint density at radius 3 is 2.57 bits per heavy atom. The summed E-state index contributed by atoms with van der Waals surface area (Å²) in [6, 6.07) is 6.94. The number of halogens is 1. The third-order valence-electron chi connectivity index (χ3n) is 1.82. The quantitative estimate of drug-likeness (QED) is 0.775. The van der Waals surface area contributed by atoms with E-state index in [1.165, 1.54) is 7.11 Å². The third-order valence-corrected chi connectivity index (χ3v) is 2.07. The van der Waals surface area contributed by atoms with Crippen LogP contribution in [0.4, 0.5) is 0 Å². The number of methoxy groups -OCH3 is 1. The molecule has 0 aliphatic rings. The molecule has 0 fully saturated rings. The smallest absolute Gasteiger partial charge is 0.335 e. The number of esters is 1. The summed E-state index contributed by atoms with van der Waals surface area (Å²) in [5, 5.41) is 9.96. The zero-order valence-corrected chi connectivity index (χ0v) is 8.49. The summed E-state index contributed by atoms with van der Waals surface area (Å²) in [5.41, 5.74) is 0.840. The van der Waals surface area contributed by atoms with Crippen LogP contribution in [0.1, 0.15) is 5.56 Å². The van der Waals surface area contributed by atoms with E-state index in [4.69, 9.17) is 11.6 Å². The zero-order valence-electron chi connectivity index (χ0n) is 7.74. The normalized spacial score (nSPS) is 12.2. The van der Waals surface area contributed by atoms with E-state index in [1.54, 1.807) is 24.3 Å². The van der Waals surface area contributed by atoms with Crippen LogP contribution >= 0.6 is 11.6 Å². The highest BCUT2D eigenvalue weighted by atomic mass is 35.5. The summed E-state index contributed by atoms with van der Waals surface area (Å²) in [7, 11) is 1.24. The minimum absolute atomic E-state index is 0.240. The lowest BCUT2D eigenvalue weighted by Gasteiger charge is -2.07. The maximum atomic E-state index is 10.9. The monoisotopic (exact) mass is 214 g/mol. The Balaban J connectivity index is 2.60. The molecule has 0 aromatic heterocycles. The fourth-order valence-electron chi connectivity index (χ4n) is 1.06. The van der Waals surface area contributed by atoms with E-state index in [1.807, 2.05) is 0 Å². The summed E-state index contributed by atoms with van der Waals surface area (Å²) < 4.78 is 4.39. The summed E-state index contributed by atoms with van der Waals surface area (Å²) in [6.45, 7) is 0. The van der Waals surface area contributed by atoms with Gasteiger partial charge in [-0.1, -0.05) is 23.7 Å². The second kappa shape index (κ2) is 4.98. The molecular formula is C10H11ClO3. The Hall–Kier alpha value is -1.06. The van der Waals surface area contributed by atoms with Crippen LogP contribution in [0.2, 0.25) is 5.02 Å². The van der Waals surface area contributed by atoms with Crippen molar-refractivity contribution in [3.63, 3.8) is 0 Å². The molecule has 14 heavy (non-hydrogen) atoms. The van der Waals surface area contributed by atoms with Crippen LogP contribution in [-0.4, -0.2) is 24.3 Å². The molecule has 0 amide bonds. The van der Waals surface area contributed by atoms with Crippen molar-refractivity contribution in [1.29, 1.82) is 0 Å². The van der Waals surface area contributed by atoms with Gasteiger partial charge in [-0.05, 0) is 17.7 Å². The Bertz CT molecular complexity index is 308. The first-order chi connectivity index (χ1) is 6.63. The molecule has 1 aromatic carbocycles. The number of aliphatic hydroxyl groups excluding tert-OH is 1. The maximum absolute atomic E-state index is 10.9. The molecule has 0 spiro atoms. The Labute approximate surface area is 87.3 Å². The van der Waals surface area contributed by atoms with Gasteiger partial charge in [0.15, 0.2) is 6.10 Å². The van der Waals surface area contributed by atoms with Crippen molar-refractivity contribution in [3.8, 4) is 0 Å². The number of hydrogen-bond acceptors (Lipinski definition) is 3. The highest BCUT2D eigenvalue weighted by molar-refractivity contribution is 6.30. The van der Waals surface area contributed by atoms with Gasteiger partial charge >= 0.3 is 5.97 Å². The van der Waals surface area contributed by atoms with Crippen LogP contribution in [-0.2, 0) is 16.0 Å². The minimum atomic E-state index is -1.11. The molecule has 1 aromatic rings. The first kappa shape index (κ1) is 11.0. The standard InChI is InChI=1S/C10H11ClO3/c1-14-10(13)9(12)6-7-2-4-8(11)5-3-7/h2-5,9,12H,6H2,1H3/t9-/m1/s1. The van der Waals surface area contributed by atoms with Gasteiger partial charge in [-0.25, -0.2) is 4.79 Å². The summed E-state index contributed by atoms with van der Waals surface area (Å²) >= 11 is 5.68. The molecular weight excluding hydrogens is 204 g/mol. The molecule has 0 saturated heterocycles. The van der Waals surface area contributed by atoms with Crippen molar-refractivity contribution in [2.24, 2.45) is 0 Å². The molecule has 76 valence electrons. The van der Waals surface area contributed by atoms with Crippen molar-refractivity contribution in [3.05, 3.63) is 34.9 Å². The molecule has 0 aliphatic carbocycles. The van der Waals surface area contributed by atoms with Gasteiger partial charge in [0.05, 0.1) is 7.11 Å². The lowest BCUT2D eigenvalue weighted by Crippen LogP contribution is -2.23. The predicted molar refractivity (Wildman–Crippen MR) is 53.2 cm³/mol. The van der Waals surface area contributed by atoms with Crippen molar-refractivity contribution in [2.45, 2.75) is 12.5 Å². The van der Waals surface area contributed by atoms with E-state index in [2.05, 4.69) is 4.74 Å². The number of benzene rings is 1. The van der Waals surface area contributed by atoms with E-state index in [9.17, 15) is 9.90 Å². The van der Waals surface area contributed by atoms with E-state index in [0.29, 0.717) is 5.02 Å². The van der Waals surface area contributed by atoms with Gasteiger partial charge in [0, 0.05) is 11.4 Å². The molecule has 0 unspecified atom stereocenters. The highest BCUT2D eigenvalue weighted by Gasteiger charge is 2.15. The van der Waals surface area contributed by atoms with Crippen LogP contribution in [0, 0.1) is 0 Å². The fourth-order valence-corrected chi connectivity index (χ4v) is 1.19. The molecule has 1 atom stereocenters. The second-order valence-electron chi connectivity index (χ2n) is 2.87. The van der Waals surface area contributed by atoms with Crippen molar-refractivity contribution >= 4 is 17.6 Å². The molecule has 0 saturated carbocycles. The molecule has 1 N–H and O–H groups in total. The molecule has 3 nitrogen and oxygen atoms in total. The predicted octanol–water partition coefficient (Wildman–Crippen LogP) is 1.42. The van der Waals surface area contributed by atoms with Gasteiger partial charge in [0.2, 0.25) is 0 Å². The molecule has 0 radical (unpaired) electrons. The maximum Gasteiger partial charge on any atom is 0.335 e. The molecule has 0 aliphatic heterocycles. The number of carbonyl (C=O) groups is 1. The van der Waals surface area contributed by atoms with Crippen LogP contribution < -0.4 is 0 Å². The largest absolute Gasteiger partial charge is 0.467 e.